The second-order valence-corrected chi connectivity index (χ2v) is 18.2. The molecule has 0 radical (unpaired) electrons. The molecule has 17 nitrogen and oxygen atoms in total. The number of rotatable bonds is 14. The van der Waals surface area contributed by atoms with Gasteiger partial charge >= 0.3 is 6.18 Å². The number of H-pyrrole nitrogens is 1. The van der Waals surface area contributed by atoms with Crippen molar-refractivity contribution in [2.75, 3.05) is 81.5 Å². The molecule has 1 unspecified atom stereocenters. The normalized spacial score (nSPS) is 20.4. The van der Waals surface area contributed by atoms with Gasteiger partial charge in [0.15, 0.2) is 0 Å². The van der Waals surface area contributed by atoms with Crippen molar-refractivity contribution in [1.29, 1.82) is 0 Å². The Morgan fingerprint density at radius 1 is 0.829 bits per heavy atom. The smallest absolute Gasteiger partial charge is 0.384 e. The van der Waals surface area contributed by atoms with Gasteiger partial charge in [-0.2, -0.15) is 13.2 Å². The molecule has 5 heterocycles. The maximum Gasteiger partial charge on any atom is 0.417 e. The summed E-state index contributed by atoms with van der Waals surface area (Å²) in [7, 11) is 2.01. The van der Waals surface area contributed by atoms with Crippen LogP contribution in [0.25, 0.3) is 11.1 Å². The molecule has 5 N–H and O–H groups in total. The van der Waals surface area contributed by atoms with Crippen LogP contribution in [0.5, 0.6) is 0 Å². The number of nitrogens with one attached hydrogen (secondary N) is 5. The van der Waals surface area contributed by atoms with Crippen LogP contribution in [0.3, 0.4) is 0 Å². The number of carbonyl (C=O) groups is 6. The molecule has 3 atom stereocenters. The fourth-order valence-corrected chi connectivity index (χ4v) is 9.50. The summed E-state index contributed by atoms with van der Waals surface area (Å²) in [6.07, 6.45) is -4.09. The van der Waals surface area contributed by atoms with Crippen LogP contribution < -0.4 is 31.7 Å². The molecule has 1 aromatic heterocycles. The largest absolute Gasteiger partial charge is 0.417 e. The average Bonchev–Trinajstić information content (AvgIpc) is 3.57. The minimum Gasteiger partial charge on any atom is -0.384 e. The van der Waals surface area contributed by atoms with Gasteiger partial charge < -0.3 is 25.8 Å². The first kappa shape index (κ1) is 49.5. The van der Waals surface area contributed by atoms with E-state index in [0.717, 1.165) is 16.7 Å². The van der Waals surface area contributed by atoms with Crippen LogP contribution in [0.1, 0.15) is 75.3 Å². The first-order chi connectivity index (χ1) is 33.4. The third-order valence-corrected chi connectivity index (χ3v) is 13.5. The van der Waals surface area contributed by atoms with E-state index in [9.17, 15) is 46.7 Å². The third kappa shape index (κ3) is 10.8. The van der Waals surface area contributed by atoms with Crippen LogP contribution in [-0.2, 0) is 27.1 Å². The zero-order chi connectivity index (χ0) is 50.0. The number of piperidine rings is 1. The van der Waals surface area contributed by atoms with Crippen molar-refractivity contribution in [3.05, 3.63) is 111 Å². The number of piperazine rings is 2. The van der Waals surface area contributed by atoms with Gasteiger partial charge in [0.2, 0.25) is 23.3 Å². The number of benzene rings is 3. The van der Waals surface area contributed by atoms with Crippen LogP contribution in [0.2, 0.25) is 0 Å². The van der Waals surface area contributed by atoms with Gasteiger partial charge in [-0.3, -0.25) is 58.5 Å². The fourth-order valence-electron chi connectivity index (χ4n) is 9.50. The van der Waals surface area contributed by atoms with Crippen LogP contribution in [0, 0.1) is 5.82 Å². The summed E-state index contributed by atoms with van der Waals surface area (Å²) in [4.78, 5) is 101. The van der Waals surface area contributed by atoms with E-state index in [1.54, 1.807) is 42.5 Å². The van der Waals surface area contributed by atoms with Gasteiger partial charge in [-0.05, 0) is 74.8 Å². The lowest BCUT2D eigenvalue weighted by Gasteiger charge is -2.44. The molecule has 0 aliphatic carbocycles. The number of aromatic amines is 1. The van der Waals surface area contributed by atoms with E-state index >= 15 is 4.39 Å². The van der Waals surface area contributed by atoms with Crippen LogP contribution >= 0.6 is 0 Å². The Labute approximate surface area is 400 Å². The Kier molecular flexibility index (Phi) is 14.5. The van der Waals surface area contributed by atoms with Crippen molar-refractivity contribution in [3.63, 3.8) is 0 Å². The Morgan fingerprint density at radius 2 is 1.56 bits per heavy atom. The summed E-state index contributed by atoms with van der Waals surface area (Å²) in [5.74, 6) is -4.24. The van der Waals surface area contributed by atoms with E-state index < -0.39 is 64.3 Å². The van der Waals surface area contributed by atoms with Gasteiger partial charge in [0.05, 0.1) is 33.6 Å². The van der Waals surface area contributed by atoms with E-state index in [-0.39, 0.29) is 66.2 Å². The van der Waals surface area contributed by atoms with Crippen LogP contribution in [-0.4, -0.2) is 144 Å². The predicted octanol–water partition coefficient (Wildman–Crippen LogP) is 4.12. The molecule has 370 valence electrons. The lowest BCUT2D eigenvalue weighted by atomic mass is 9.99. The summed E-state index contributed by atoms with van der Waals surface area (Å²) in [6.45, 7) is 9.74. The molecule has 4 aliphatic heterocycles. The molecule has 8 rings (SSSR count). The minimum atomic E-state index is -4.97. The van der Waals surface area contributed by atoms with Gasteiger partial charge in [0.1, 0.15) is 11.9 Å². The summed E-state index contributed by atoms with van der Waals surface area (Å²) in [6, 6.07) is 14.1. The SMILES string of the molecule is C[C@@H]1CN(c2ccc(-c3cc(CN4CCN(CCNC(=O)CCNc5cccc6c5C(=O)N(C5CCC(=O)NC5=O)C6=O)CC4)ccc3F)cc2NC(=O)c2c[nH]c(=O)cc2C(F)(F)F)C[C@H](C)N1C. The first-order valence-corrected chi connectivity index (χ1v) is 23.2. The van der Waals surface area contributed by atoms with Crippen LogP contribution in [0.4, 0.5) is 34.6 Å². The number of nitrogens with zero attached hydrogens (tertiary/aromatic N) is 5. The highest BCUT2D eigenvalue weighted by Crippen LogP contribution is 2.37. The minimum absolute atomic E-state index is 0.0112. The molecule has 0 spiro atoms. The number of fused-ring (bicyclic) bond motifs is 1. The van der Waals surface area contributed by atoms with Crippen molar-refractivity contribution in [2.24, 2.45) is 0 Å². The number of carbonyl (C=O) groups excluding carboxylic acids is 6. The zero-order valence-corrected chi connectivity index (χ0v) is 38.9. The average molecular weight is 971 g/mol. The predicted molar refractivity (Wildman–Crippen MR) is 252 cm³/mol. The van der Waals surface area contributed by atoms with Crippen LogP contribution in [0.15, 0.2) is 71.7 Å². The van der Waals surface area contributed by atoms with E-state index in [1.165, 1.54) is 12.1 Å². The second kappa shape index (κ2) is 20.6. The number of likely N-dealkylation sites (N-methyl/N-ethyl adjacent to an activating group) is 1. The number of anilines is 3. The molecule has 0 bridgehead atoms. The fraction of sp³-hybridized carbons (Fsp3) is 0.408. The molecule has 3 aromatic carbocycles. The molecule has 6 amide bonds. The highest BCUT2D eigenvalue weighted by atomic mass is 19.4. The number of amides is 6. The monoisotopic (exact) mass is 970 g/mol. The van der Waals surface area contributed by atoms with Crippen molar-refractivity contribution >= 4 is 52.5 Å². The van der Waals surface area contributed by atoms with E-state index in [1.807, 2.05) is 25.8 Å². The number of hydrogen-bond donors (Lipinski definition) is 5. The molecule has 3 saturated heterocycles. The topological polar surface area (TPSA) is 200 Å². The number of aromatic nitrogens is 1. The van der Waals surface area contributed by atoms with Crippen molar-refractivity contribution < 1.29 is 46.3 Å². The van der Waals surface area contributed by atoms with Crippen molar-refractivity contribution in [2.45, 2.75) is 64.0 Å². The summed E-state index contributed by atoms with van der Waals surface area (Å²) >= 11 is 0. The Bertz CT molecular complexity index is 2760. The summed E-state index contributed by atoms with van der Waals surface area (Å²) < 4.78 is 57.7. The quantitative estimate of drug-likeness (QED) is 0.0897. The zero-order valence-electron chi connectivity index (χ0n) is 38.9. The van der Waals surface area contributed by atoms with Gasteiger partial charge in [-0.25, -0.2) is 4.39 Å². The van der Waals surface area contributed by atoms with E-state index in [0.29, 0.717) is 81.9 Å². The molecule has 4 aliphatic rings. The highest BCUT2D eigenvalue weighted by Gasteiger charge is 2.46. The van der Waals surface area contributed by atoms with E-state index in [2.05, 4.69) is 41.0 Å². The Morgan fingerprint density at radius 3 is 2.27 bits per heavy atom. The maximum atomic E-state index is 15.7. The molecular weight excluding hydrogens is 917 g/mol. The standard InChI is InChI=1S/C49H54F4N10O7/c1-28-25-62(26-29(2)59(28)3)39-10-8-31(22-38(39)57-45(67)34-24-56-43(66)23-35(34)49(51,52)53)33-21-30(7-9-36(33)50)27-61-19-17-60(18-20-61)16-15-55-41(64)13-14-54-37-6-4-5-32-44(37)48(70)63(47(32)69)40-11-12-42(65)58-46(40)68/h4-10,21-24,28-29,40,54H,11-20,25-27H2,1-3H3,(H,55,64)(H,56,66)(H,57,67)(H,58,65,68)/t28-,29+,40?. The molecule has 3 fully saturated rings. The number of imide groups is 2. The number of alkyl halides is 3. The lowest BCUT2D eigenvalue weighted by molar-refractivity contribution is -0.138. The highest BCUT2D eigenvalue weighted by molar-refractivity contribution is 6.25. The van der Waals surface area contributed by atoms with Crippen molar-refractivity contribution in [3.8, 4) is 11.1 Å². The van der Waals surface area contributed by atoms with Gasteiger partial charge in [-0.15, -0.1) is 0 Å². The first-order valence-electron chi connectivity index (χ1n) is 23.2. The summed E-state index contributed by atoms with van der Waals surface area (Å²) in [5, 5.41) is 10.8. The third-order valence-electron chi connectivity index (χ3n) is 13.5. The van der Waals surface area contributed by atoms with E-state index in [4.69, 9.17) is 0 Å². The lowest BCUT2D eigenvalue weighted by Crippen LogP contribution is -2.55. The summed E-state index contributed by atoms with van der Waals surface area (Å²) in [5.41, 5.74) is -0.303. The van der Waals surface area contributed by atoms with Crippen molar-refractivity contribution in [1.82, 2.24) is 35.2 Å². The molecule has 0 saturated carbocycles. The maximum absolute atomic E-state index is 15.7. The Balaban J connectivity index is 0.847. The number of halogens is 4. The number of hydrogen-bond acceptors (Lipinski definition) is 12. The molecule has 21 heteroatoms. The van der Waals surface area contributed by atoms with Gasteiger partial charge in [0.25, 0.3) is 17.7 Å². The molecular formula is C49H54F4N10O7. The Hall–Kier alpha value is -6.97. The molecule has 70 heavy (non-hydrogen) atoms. The number of pyridine rings is 1. The van der Waals surface area contributed by atoms with Gasteiger partial charge in [0, 0.05) is 114 Å². The molecule has 4 aromatic rings. The van der Waals surface area contributed by atoms with Gasteiger partial charge in [-0.1, -0.05) is 18.2 Å². The second-order valence-electron chi connectivity index (χ2n) is 18.2.